The Labute approximate surface area is 119 Å². The highest BCUT2D eigenvalue weighted by Crippen LogP contribution is 2.32. The van der Waals surface area contributed by atoms with Crippen molar-refractivity contribution >= 4 is 22.2 Å². The first kappa shape index (κ1) is 15.7. The molecule has 0 radical (unpaired) electrons. The van der Waals surface area contributed by atoms with Gasteiger partial charge in [-0.25, -0.2) is 0 Å². The zero-order valence-corrected chi connectivity index (χ0v) is 13.0. The zero-order chi connectivity index (χ0) is 14.4. The molecule has 1 aromatic heterocycles. The lowest BCUT2D eigenvalue weighted by molar-refractivity contribution is -0.120. The monoisotopic (exact) mass is 278 g/mol. The number of nitriles is 1. The molecule has 0 saturated carbocycles. The highest BCUT2D eigenvalue weighted by molar-refractivity contribution is 7.16. The number of carbonyl (C=O) groups is 1. The number of nitrogens with zero attached hydrogens (tertiary/aromatic N) is 1. The Morgan fingerprint density at radius 2 is 2.11 bits per heavy atom. The van der Waals surface area contributed by atoms with Crippen LogP contribution in [0.2, 0.25) is 0 Å². The summed E-state index contributed by atoms with van der Waals surface area (Å²) < 4.78 is 0. The standard InChI is InChI=1S/C15H22N2OS/c1-5-7-8-12(6-2)14(18)17-15-13(9-16)10(3)11(4)19-15/h12H,5-8H2,1-4H3,(H,17,18). The molecule has 0 aliphatic carbocycles. The summed E-state index contributed by atoms with van der Waals surface area (Å²) in [4.78, 5) is 13.3. The molecule has 0 aliphatic heterocycles. The maximum absolute atomic E-state index is 12.2. The van der Waals surface area contributed by atoms with Crippen LogP contribution in [0.15, 0.2) is 0 Å². The smallest absolute Gasteiger partial charge is 0.228 e. The molecule has 0 spiro atoms. The van der Waals surface area contributed by atoms with Crippen molar-refractivity contribution in [3.05, 3.63) is 16.0 Å². The second kappa shape index (κ2) is 7.30. The van der Waals surface area contributed by atoms with Gasteiger partial charge >= 0.3 is 0 Å². The van der Waals surface area contributed by atoms with Gasteiger partial charge in [0.05, 0.1) is 5.56 Å². The molecule has 0 saturated heterocycles. The van der Waals surface area contributed by atoms with Gasteiger partial charge in [-0.1, -0.05) is 26.7 Å². The number of amides is 1. The van der Waals surface area contributed by atoms with Gasteiger partial charge in [-0.3, -0.25) is 4.79 Å². The molecule has 1 heterocycles. The highest BCUT2D eigenvalue weighted by Gasteiger charge is 2.19. The molecule has 4 heteroatoms. The van der Waals surface area contributed by atoms with Crippen LogP contribution in [0.1, 0.15) is 55.5 Å². The number of aryl methyl sites for hydroxylation is 1. The van der Waals surface area contributed by atoms with E-state index < -0.39 is 0 Å². The first-order valence-corrected chi connectivity index (χ1v) is 7.67. The number of hydrogen-bond donors (Lipinski definition) is 1. The normalized spacial score (nSPS) is 11.9. The molecule has 3 nitrogen and oxygen atoms in total. The van der Waals surface area contributed by atoms with Crippen molar-refractivity contribution in [2.24, 2.45) is 5.92 Å². The van der Waals surface area contributed by atoms with Gasteiger partial charge in [0.2, 0.25) is 5.91 Å². The van der Waals surface area contributed by atoms with Crippen LogP contribution in [-0.2, 0) is 4.79 Å². The van der Waals surface area contributed by atoms with Crippen LogP contribution < -0.4 is 5.32 Å². The average molecular weight is 278 g/mol. The summed E-state index contributed by atoms with van der Waals surface area (Å²) in [5.74, 6) is 0.0999. The molecule has 0 aliphatic rings. The van der Waals surface area contributed by atoms with E-state index in [-0.39, 0.29) is 11.8 Å². The van der Waals surface area contributed by atoms with Crippen molar-refractivity contribution in [1.29, 1.82) is 5.26 Å². The molecule has 1 rings (SSSR count). The third kappa shape index (κ3) is 3.81. The molecule has 1 atom stereocenters. The summed E-state index contributed by atoms with van der Waals surface area (Å²) >= 11 is 1.49. The Balaban J connectivity index is 2.81. The second-order valence-corrected chi connectivity index (χ2v) is 6.06. The number of carbonyl (C=O) groups excluding carboxylic acids is 1. The molecule has 1 unspecified atom stereocenters. The summed E-state index contributed by atoms with van der Waals surface area (Å²) in [7, 11) is 0. The Kier molecular flexibility index (Phi) is 6.04. The lowest BCUT2D eigenvalue weighted by Gasteiger charge is -2.13. The molecule has 19 heavy (non-hydrogen) atoms. The topological polar surface area (TPSA) is 52.9 Å². The first-order chi connectivity index (χ1) is 9.04. The summed E-state index contributed by atoms with van der Waals surface area (Å²) in [6, 6.07) is 2.19. The SMILES string of the molecule is CCCCC(CC)C(=O)Nc1sc(C)c(C)c1C#N. The van der Waals surface area contributed by atoms with Crippen molar-refractivity contribution in [2.45, 2.75) is 53.4 Å². The summed E-state index contributed by atoms with van der Waals surface area (Å²) in [5.41, 5.74) is 1.59. The van der Waals surface area contributed by atoms with Crippen molar-refractivity contribution in [3.8, 4) is 6.07 Å². The van der Waals surface area contributed by atoms with Gasteiger partial charge in [0.25, 0.3) is 0 Å². The minimum absolute atomic E-state index is 0.0497. The fourth-order valence-corrected chi connectivity index (χ4v) is 3.05. The van der Waals surface area contributed by atoms with Crippen LogP contribution in [-0.4, -0.2) is 5.91 Å². The zero-order valence-electron chi connectivity index (χ0n) is 12.2. The van der Waals surface area contributed by atoms with Crippen LogP contribution in [0.5, 0.6) is 0 Å². The highest BCUT2D eigenvalue weighted by atomic mass is 32.1. The van der Waals surface area contributed by atoms with Crippen LogP contribution in [0.25, 0.3) is 0 Å². The maximum atomic E-state index is 12.2. The summed E-state index contributed by atoms with van der Waals surface area (Å²) in [5, 5.41) is 12.8. The van der Waals surface area contributed by atoms with E-state index in [0.717, 1.165) is 36.1 Å². The van der Waals surface area contributed by atoms with Crippen LogP contribution in [0.4, 0.5) is 5.00 Å². The Morgan fingerprint density at radius 3 is 2.63 bits per heavy atom. The summed E-state index contributed by atoms with van der Waals surface area (Å²) in [6.45, 7) is 8.07. The number of hydrogen-bond acceptors (Lipinski definition) is 3. The Morgan fingerprint density at radius 1 is 1.42 bits per heavy atom. The van der Waals surface area contributed by atoms with Crippen LogP contribution in [0.3, 0.4) is 0 Å². The van der Waals surface area contributed by atoms with E-state index >= 15 is 0 Å². The van der Waals surface area contributed by atoms with E-state index in [1.807, 2.05) is 20.8 Å². The number of rotatable bonds is 6. The van der Waals surface area contributed by atoms with Crippen molar-refractivity contribution in [3.63, 3.8) is 0 Å². The van der Waals surface area contributed by atoms with Gasteiger partial charge in [-0.05, 0) is 32.3 Å². The van der Waals surface area contributed by atoms with Crippen LogP contribution >= 0.6 is 11.3 Å². The molecule has 1 aromatic rings. The fraction of sp³-hybridized carbons (Fsp3) is 0.600. The predicted molar refractivity (Wildman–Crippen MR) is 80.4 cm³/mol. The van der Waals surface area contributed by atoms with E-state index in [9.17, 15) is 4.79 Å². The minimum Gasteiger partial charge on any atom is -0.316 e. The van der Waals surface area contributed by atoms with Crippen molar-refractivity contribution in [1.82, 2.24) is 0 Å². The first-order valence-electron chi connectivity index (χ1n) is 6.86. The van der Waals surface area contributed by atoms with Gasteiger partial charge < -0.3 is 5.32 Å². The lowest BCUT2D eigenvalue weighted by Crippen LogP contribution is -2.22. The third-order valence-corrected chi connectivity index (χ3v) is 4.63. The van der Waals surface area contributed by atoms with Gasteiger partial charge in [0, 0.05) is 10.8 Å². The summed E-state index contributed by atoms with van der Waals surface area (Å²) in [6.07, 6.45) is 3.94. The number of thiophene rings is 1. The number of anilines is 1. The predicted octanol–water partition coefficient (Wildman–Crippen LogP) is 4.39. The van der Waals surface area contributed by atoms with Gasteiger partial charge in [-0.15, -0.1) is 11.3 Å². The quantitative estimate of drug-likeness (QED) is 0.839. The van der Waals surface area contributed by atoms with Gasteiger partial charge in [-0.2, -0.15) is 5.26 Å². The number of unbranched alkanes of at least 4 members (excludes halogenated alkanes) is 1. The molecule has 1 amide bonds. The van der Waals surface area contributed by atoms with Crippen molar-refractivity contribution < 1.29 is 4.79 Å². The van der Waals surface area contributed by atoms with Crippen molar-refractivity contribution in [2.75, 3.05) is 5.32 Å². The van der Waals surface area contributed by atoms with Crippen LogP contribution in [0, 0.1) is 31.1 Å². The van der Waals surface area contributed by atoms with E-state index in [0.29, 0.717) is 10.6 Å². The molecule has 0 fully saturated rings. The van der Waals surface area contributed by atoms with E-state index in [2.05, 4.69) is 18.3 Å². The Hall–Kier alpha value is -1.34. The van der Waals surface area contributed by atoms with Gasteiger partial charge in [0.15, 0.2) is 0 Å². The molecular weight excluding hydrogens is 256 g/mol. The second-order valence-electron chi connectivity index (χ2n) is 4.84. The molecular formula is C15H22N2OS. The molecule has 104 valence electrons. The fourth-order valence-electron chi connectivity index (χ4n) is 2.03. The lowest BCUT2D eigenvalue weighted by atomic mass is 9.98. The minimum atomic E-state index is 0.0497. The molecule has 1 N–H and O–H groups in total. The average Bonchev–Trinajstić information content (AvgIpc) is 2.65. The van der Waals surface area contributed by atoms with E-state index in [1.54, 1.807) is 0 Å². The molecule has 0 aromatic carbocycles. The van der Waals surface area contributed by atoms with E-state index in [1.165, 1.54) is 11.3 Å². The van der Waals surface area contributed by atoms with Gasteiger partial charge in [0.1, 0.15) is 11.1 Å². The largest absolute Gasteiger partial charge is 0.316 e. The van der Waals surface area contributed by atoms with E-state index in [4.69, 9.17) is 5.26 Å². The number of nitrogens with one attached hydrogen (secondary N) is 1. The Bertz CT molecular complexity index is 485. The maximum Gasteiger partial charge on any atom is 0.228 e. The third-order valence-electron chi connectivity index (χ3n) is 3.50. The molecule has 0 bridgehead atoms.